The normalized spacial score (nSPS) is 41.0. The van der Waals surface area contributed by atoms with Crippen LogP contribution in [0.1, 0.15) is 128 Å². The van der Waals surface area contributed by atoms with E-state index in [1.807, 2.05) is 24.3 Å². The average Bonchev–Trinajstić information content (AvgIpc) is 3.44. The number of allylic oxidation sites excluding steroid dienone is 1. The predicted molar refractivity (Wildman–Crippen MR) is 199 cm³/mol. The second-order valence-electron chi connectivity index (χ2n) is 17.5. The van der Waals surface area contributed by atoms with Crippen molar-refractivity contribution in [2.24, 2.45) is 51.2 Å². The van der Waals surface area contributed by atoms with Gasteiger partial charge in [-0.05, 0) is 135 Å². The molecule has 0 saturated heterocycles. The van der Waals surface area contributed by atoms with Crippen molar-refractivity contribution in [3.05, 3.63) is 54.5 Å². The van der Waals surface area contributed by atoms with E-state index in [0.29, 0.717) is 48.2 Å². The molecule has 5 saturated carbocycles. The summed E-state index contributed by atoms with van der Waals surface area (Å²) in [5.41, 5.74) is 2.99. The Morgan fingerprint density at radius 2 is 1.65 bits per heavy atom. The van der Waals surface area contributed by atoms with Crippen molar-refractivity contribution in [2.45, 2.75) is 128 Å². The van der Waals surface area contributed by atoms with Gasteiger partial charge in [-0.1, -0.05) is 81.0 Å². The number of carbonyl (C=O) groups excluding carboxylic acids is 2. The van der Waals surface area contributed by atoms with Crippen molar-refractivity contribution in [1.82, 2.24) is 10.6 Å². The van der Waals surface area contributed by atoms with Gasteiger partial charge < -0.3 is 22.7 Å². The molecular weight excluding hydrogens is 754 g/mol. The fourth-order valence-corrected chi connectivity index (χ4v) is 14.2. The zero-order valence-electron chi connectivity index (χ0n) is 30.1. The molecule has 10 unspecified atom stereocenters. The molecule has 1 aromatic rings. The molecule has 5 aliphatic rings. The summed E-state index contributed by atoms with van der Waals surface area (Å²) in [6.07, 6.45) is 12.4. The average molecular weight is 815 g/mol. The SMILES string of the molecule is C=C(C)C1CCC2(C(=O)NCc3ccc(C(=O)NCCC[CH2-])cc3)CCC3(I)C(CCC4C5(C)CCC(O)C(C)(C)C5CCC43C)C12.[Co]. The topological polar surface area (TPSA) is 78.4 Å². The number of nitrogens with one attached hydrogen (secondary N) is 2. The Morgan fingerprint density at radius 3 is 2.31 bits per heavy atom. The summed E-state index contributed by atoms with van der Waals surface area (Å²) >= 11 is 2.94. The third kappa shape index (κ3) is 5.88. The summed E-state index contributed by atoms with van der Waals surface area (Å²) in [5.74, 6) is 2.57. The van der Waals surface area contributed by atoms with Crippen LogP contribution in [0.15, 0.2) is 36.4 Å². The number of rotatable bonds is 8. The standard InChI is InChI=1S/C41H60IN2O3.Co/c1-8-9-24-43-35(46)28-12-10-27(11-13-28)25-44-36(47)40-21-16-29(26(2)3)34(40)30-14-15-32-38(6)19-18-33(45)37(4,5)31(38)17-20-39(32,7)41(30,42)23-22-40;/h10-13,29-34,45H,1-2,8-9,14-25H2,3-7H3,(H,43,46)(H,44,47);/q-1;. The Hall–Kier alpha value is -0.904. The van der Waals surface area contributed by atoms with E-state index in [0.717, 1.165) is 56.9 Å². The van der Waals surface area contributed by atoms with E-state index in [2.05, 4.69) is 81.3 Å². The fourth-order valence-electron chi connectivity index (χ4n) is 12.6. The molecule has 0 aromatic heterocycles. The molecule has 3 N–H and O–H groups in total. The maximum absolute atomic E-state index is 14.5. The molecule has 0 heterocycles. The van der Waals surface area contributed by atoms with E-state index in [1.54, 1.807) is 0 Å². The minimum absolute atomic E-state index is 0. The van der Waals surface area contributed by atoms with Gasteiger partial charge in [0, 0.05) is 38.9 Å². The van der Waals surface area contributed by atoms with Crippen LogP contribution in [0.2, 0.25) is 0 Å². The van der Waals surface area contributed by atoms with Crippen LogP contribution < -0.4 is 10.6 Å². The van der Waals surface area contributed by atoms with Gasteiger partial charge >= 0.3 is 0 Å². The van der Waals surface area contributed by atoms with Crippen LogP contribution >= 0.6 is 22.6 Å². The van der Waals surface area contributed by atoms with Crippen molar-refractivity contribution in [3.63, 3.8) is 0 Å². The van der Waals surface area contributed by atoms with Crippen LogP contribution in [0.3, 0.4) is 0 Å². The fraction of sp³-hybridized carbons (Fsp3) is 0.732. The molecule has 0 aliphatic heterocycles. The van der Waals surface area contributed by atoms with Crippen LogP contribution in [0, 0.1) is 58.2 Å². The van der Waals surface area contributed by atoms with Gasteiger partial charge in [0.05, 0.1) is 11.5 Å². The molecule has 48 heavy (non-hydrogen) atoms. The number of aliphatic hydroxyl groups is 1. The second-order valence-corrected chi connectivity index (χ2v) is 19.4. The number of hydrogen-bond donors (Lipinski definition) is 3. The second kappa shape index (κ2) is 13.9. The van der Waals surface area contributed by atoms with Crippen molar-refractivity contribution in [2.75, 3.05) is 6.54 Å². The summed E-state index contributed by atoms with van der Waals surface area (Å²) in [6, 6.07) is 7.67. The number of halogens is 1. The number of fused-ring (bicyclic) bond motifs is 7. The van der Waals surface area contributed by atoms with E-state index in [4.69, 9.17) is 0 Å². The summed E-state index contributed by atoms with van der Waals surface area (Å²) < 4.78 is 0.151. The van der Waals surface area contributed by atoms with E-state index in [9.17, 15) is 14.7 Å². The number of benzene rings is 1. The first-order chi connectivity index (χ1) is 22.2. The van der Waals surface area contributed by atoms with E-state index >= 15 is 0 Å². The third-order valence-corrected chi connectivity index (χ3v) is 17.7. The summed E-state index contributed by atoms with van der Waals surface area (Å²) in [7, 11) is 0. The number of carbonyl (C=O) groups is 2. The minimum Gasteiger partial charge on any atom is -0.393 e. The number of alkyl halides is 1. The number of unbranched alkanes of at least 4 members (excludes halogenated alkanes) is 1. The van der Waals surface area contributed by atoms with Crippen LogP contribution in [-0.4, -0.2) is 33.0 Å². The molecule has 2 amide bonds. The van der Waals surface area contributed by atoms with Gasteiger partial charge in [0.1, 0.15) is 0 Å². The van der Waals surface area contributed by atoms with Crippen LogP contribution in [0.4, 0.5) is 0 Å². The molecule has 0 bridgehead atoms. The number of aliphatic hydroxyl groups excluding tert-OH is 1. The monoisotopic (exact) mass is 814 g/mol. The van der Waals surface area contributed by atoms with Crippen LogP contribution in [-0.2, 0) is 28.1 Å². The number of hydrogen-bond acceptors (Lipinski definition) is 3. The third-order valence-electron chi connectivity index (χ3n) is 15.1. The molecule has 0 spiro atoms. The Morgan fingerprint density at radius 1 is 0.938 bits per heavy atom. The molecular formula is C41H60CoIN2O3-. The van der Waals surface area contributed by atoms with Crippen molar-refractivity contribution in [3.8, 4) is 0 Å². The predicted octanol–water partition coefficient (Wildman–Crippen LogP) is 8.83. The molecule has 269 valence electrons. The molecule has 6 rings (SSSR count). The van der Waals surface area contributed by atoms with Crippen molar-refractivity contribution < 1.29 is 31.5 Å². The zero-order chi connectivity index (χ0) is 34.0. The van der Waals surface area contributed by atoms with Crippen molar-refractivity contribution >= 4 is 34.4 Å². The summed E-state index contributed by atoms with van der Waals surface area (Å²) in [5, 5.41) is 17.4. The number of amides is 2. The first kappa shape index (κ1) is 38.3. The maximum Gasteiger partial charge on any atom is 0.251 e. The molecule has 5 aliphatic carbocycles. The maximum atomic E-state index is 14.5. The summed E-state index contributed by atoms with van der Waals surface area (Å²) in [4.78, 5) is 27.0. The Kier molecular flexibility index (Phi) is 11.1. The smallest absolute Gasteiger partial charge is 0.251 e. The molecule has 1 radical (unpaired) electrons. The molecule has 5 nitrogen and oxygen atoms in total. The van der Waals surface area contributed by atoms with Gasteiger partial charge in [0.25, 0.3) is 5.91 Å². The van der Waals surface area contributed by atoms with Gasteiger partial charge in [-0.25, -0.2) is 0 Å². The molecule has 5 fully saturated rings. The zero-order valence-corrected chi connectivity index (χ0v) is 33.3. The van der Waals surface area contributed by atoms with Gasteiger partial charge in [-0.3, -0.25) is 9.59 Å². The Labute approximate surface area is 314 Å². The molecule has 1 aromatic carbocycles. The minimum atomic E-state index is -0.349. The summed E-state index contributed by atoms with van der Waals surface area (Å²) in [6.45, 7) is 21.5. The Balaban J connectivity index is 0.00000451. The van der Waals surface area contributed by atoms with Crippen molar-refractivity contribution in [1.29, 1.82) is 0 Å². The largest absolute Gasteiger partial charge is 0.393 e. The van der Waals surface area contributed by atoms with Crippen LogP contribution in [0.25, 0.3) is 0 Å². The first-order valence-corrected chi connectivity index (χ1v) is 19.7. The van der Waals surface area contributed by atoms with Crippen LogP contribution in [0.5, 0.6) is 0 Å². The molecule has 10 atom stereocenters. The first-order valence-electron chi connectivity index (χ1n) is 18.6. The van der Waals surface area contributed by atoms with E-state index < -0.39 is 0 Å². The van der Waals surface area contributed by atoms with E-state index in [1.165, 1.54) is 31.3 Å². The van der Waals surface area contributed by atoms with Gasteiger partial charge in [0.15, 0.2) is 0 Å². The van der Waals surface area contributed by atoms with Gasteiger partial charge in [-0.2, -0.15) is 6.42 Å². The van der Waals surface area contributed by atoms with Gasteiger partial charge in [-0.15, -0.1) is 0 Å². The Bertz CT molecular complexity index is 1380. The molecule has 7 heteroatoms. The van der Waals surface area contributed by atoms with Gasteiger partial charge in [0.2, 0.25) is 5.91 Å². The quantitative estimate of drug-likeness (QED) is 0.0808. The van der Waals surface area contributed by atoms with E-state index in [-0.39, 0.29) is 59.8 Å².